The average molecular weight is 459 g/mol. The number of methoxy groups -OCH3 is 2. The van der Waals surface area contributed by atoms with E-state index in [0.717, 1.165) is 17.3 Å². The molecule has 0 radical (unpaired) electrons. The molecule has 1 aliphatic carbocycles. The van der Waals surface area contributed by atoms with Gasteiger partial charge in [-0.1, -0.05) is 0 Å². The van der Waals surface area contributed by atoms with Crippen molar-refractivity contribution in [2.45, 2.75) is 66.7 Å². The average Bonchev–Trinajstić information content (AvgIpc) is 2.75. The van der Waals surface area contributed by atoms with Gasteiger partial charge in [0, 0.05) is 0 Å². The Balaban J connectivity index is 1.62. The van der Waals surface area contributed by atoms with Gasteiger partial charge >= 0.3 is 171 Å². The second-order valence-electron chi connectivity index (χ2n) is 7.43. The second kappa shape index (κ2) is 8.30. The van der Waals surface area contributed by atoms with Gasteiger partial charge in [-0.3, -0.25) is 0 Å². The third-order valence-corrected chi connectivity index (χ3v) is 8.39. The summed E-state index contributed by atoms with van der Waals surface area (Å²) in [7, 11) is 3.17. The van der Waals surface area contributed by atoms with Crippen LogP contribution in [0.3, 0.4) is 0 Å². The van der Waals surface area contributed by atoms with E-state index in [1.807, 2.05) is 30.3 Å². The second-order valence-corrected chi connectivity index (χ2v) is 9.89. The third-order valence-electron chi connectivity index (χ3n) is 5.94. The molecular weight excluding hydrogens is 431 g/mol. The molecule has 3 fully saturated rings. The first-order chi connectivity index (χ1) is 13.6. The number of ether oxygens (including phenoxy) is 5. The maximum absolute atomic E-state index is 11.1. The molecule has 2 aliphatic heterocycles. The maximum atomic E-state index is 11.1. The van der Waals surface area contributed by atoms with Crippen molar-refractivity contribution in [3.63, 3.8) is 0 Å². The summed E-state index contributed by atoms with van der Waals surface area (Å²) in [4.78, 5) is 0. The van der Waals surface area contributed by atoms with Crippen LogP contribution in [0, 0.1) is 0 Å². The van der Waals surface area contributed by atoms with Crippen molar-refractivity contribution in [1.82, 2.24) is 0 Å². The summed E-state index contributed by atoms with van der Waals surface area (Å²) in [6.07, 6.45) is 0.287. The molecule has 0 aromatic heterocycles. The van der Waals surface area contributed by atoms with E-state index in [9.17, 15) is 10.2 Å². The fourth-order valence-electron chi connectivity index (χ4n) is 4.49. The molecule has 0 unspecified atom stereocenters. The third kappa shape index (κ3) is 3.35. The molecule has 28 heavy (non-hydrogen) atoms. The molecule has 0 spiro atoms. The minimum atomic E-state index is -1.08. The zero-order valence-electron chi connectivity index (χ0n) is 16.2. The van der Waals surface area contributed by atoms with Crippen LogP contribution in [0.15, 0.2) is 30.3 Å². The summed E-state index contributed by atoms with van der Waals surface area (Å²) in [6, 6.07) is 9.92. The molecule has 1 saturated carbocycles. The first-order valence-electron chi connectivity index (χ1n) is 9.70. The van der Waals surface area contributed by atoms with Crippen LogP contribution in [0.5, 0.6) is 0 Å². The molecule has 156 valence electrons. The Morgan fingerprint density at radius 2 is 1.64 bits per heavy atom. The van der Waals surface area contributed by atoms with Crippen LogP contribution in [-0.2, 0) is 23.7 Å². The Morgan fingerprint density at radius 3 is 2.21 bits per heavy atom. The Labute approximate surface area is 171 Å². The van der Waals surface area contributed by atoms with Gasteiger partial charge in [0.25, 0.3) is 0 Å². The number of rotatable bonds is 5. The molecule has 1 aromatic carbocycles. The van der Waals surface area contributed by atoms with E-state index in [1.54, 1.807) is 14.2 Å². The molecule has 2 heterocycles. The van der Waals surface area contributed by atoms with Crippen molar-refractivity contribution in [2.24, 2.45) is 0 Å². The normalized spacial score (nSPS) is 43.2. The standard InChI is InChI=1S/C20H28O7Se/c1-23-19-10-6-7-11-20(19,24-2)27-17-15(22)18(25-14(12-21)16(17)26-19)28-13-8-4-3-5-9-13/h3-5,8-9,14-18,21-22H,6-7,10-12H2,1-2H3/t14-,15+,16-,17-,18-,19+,20+/m1/s1. The Bertz CT molecular complexity index is 661. The number of hydrogen-bond donors (Lipinski definition) is 2. The predicted molar refractivity (Wildman–Crippen MR) is 101 cm³/mol. The van der Waals surface area contributed by atoms with Gasteiger partial charge in [-0.2, -0.15) is 0 Å². The zero-order chi connectivity index (χ0) is 19.8. The van der Waals surface area contributed by atoms with Gasteiger partial charge in [-0.15, -0.1) is 0 Å². The summed E-state index contributed by atoms with van der Waals surface area (Å²) in [5, 5.41) is 20.6. The molecular formula is C20H28O7Se. The van der Waals surface area contributed by atoms with Crippen molar-refractivity contribution in [3.8, 4) is 0 Å². The molecule has 7 atom stereocenters. The molecule has 8 heteroatoms. The summed E-state index contributed by atoms with van der Waals surface area (Å²) in [6.45, 7) is -0.224. The van der Waals surface area contributed by atoms with Crippen LogP contribution in [0.1, 0.15) is 25.7 Å². The van der Waals surface area contributed by atoms with Crippen LogP contribution in [0.2, 0.25) is 0 Å². The van der Waals surface area contributed by atoms with Gasteiger partial charge in [0.05, 0.1) is 0 Å². The number of aliphatic hydroxyl groups is 2. The van der Waals surface area contributed by atoms with Gasteiger partial charge < -0.3 is 0 Å². The molecule has 2 saturated heterocycles. The van der Waals surface area contributed by atoms with E-state index in [0.29, 0.717) is 12.8 Å². The van der Waals surface area contributed by atoms with E-state index >= 15 is 0 Å². The van der Waals surface area contributed by atoms with Crippen LogP contribution < -0.4 is 4.46 Å². The zero-order valence-corrected chi connectivity index (χ0v) is 17.9. The first-order valence-corrected chi connectivity index (χ1v) is 11.5. The Morgan fingerprint density at radius 1 is 1.04 bits per heavy atom. The van der Waals surface area contributed by atoms with Crippen LogP contribution in [0.4, 0.5) is 0 Å². The Kier molecular flexibility index (Phi) is 6.14. The summed E-state index contributed by atoms with van der Waals surface area (Å²) in [5.41, 5.74) is 0. The monoisotopic (exact) mass is 460 g/mol. The number of benzene rings is 1. The van der Waals surface area contributed by atoms with E-state index in [-0.39, 0.29) is 21.6 Å². The van der Waals surface area contributed by atoms with Gasteiger partial charge in [0.15, 0.2) is 0 Å². The number of aliphatic hydroxyl groups excluding tert-OH is 2. The van der Waals surface area contributed by atoms with Crippen molar-refractivity contribution >= 4 is 19.4 Å². The molecule has 7 nitrogen and oxygen atoms in total. The minimum absolute atomic E-state index is 0.148. The fraction of sp³-hybridized carbons (Fsp3) is 0.700. The molecule has 3 aliphatic rings. The van der Waals surface area contributed by atoms with Crippen molar-refractivity contribution < 1.29 is 33.9 Å². The molecule has 0 bridgehead atoms. The Hall–Kier alpha value is -0.541. The van der Waals surface area contributed by atoms with Gasteiger partial charge in [-0.25, -0.2) is 0 Å². The quantitative estimate of drug-likeness (QED) is 0.606. The molecule has 4 rings (SSSR count). The van der Waals surface area contributed by atoms with Crippen LogP contribution in [0.25, 0.3) is 0 Å². The topological polar surface area (TPSA) is 86.6 Å². The van der Waals surface area contributed by atoms with Crippen molar-refractivity contribution in [2.75, 3.05) is 20.8 Å². The van der Waals surface area contributed by atoms with E-state index < -0.39 is 41.0 Å². The summed E-state index contributed by atoms with van der Waals surface area (Å²) >= 11 is -0.148. The summed E-state index contributed by atoms with van der Waals surface area (Å²) in [5.74, 6) is -2.15. The van der Waals surface area contributed by atoms with Crippen LogP contribution >= 0.6 is 0 Å². The SMILES string of the molecule is CO[C@]12CCCC[C@]1(OC)O[C@H]1[C@H](O2)[C@H](O)[C@@H]([Se]c2ccccc2)O[C@@H]1CO. The van der Waals surface area contributed by atoms with Gasteiger partial charge in [0.1, 0.15) is 0 Å². The fourth-order valence-corrected chi connectivity index (χ4v) is 6.75. The van der Waals surface area contributed by atoms with Gasteiger partial charge in [-0.05, 0) is 0 Å². The number of fused-ring (bicyclic) bond motifs is 2. The van der Waals surface area contributed by atoms with E-state index in [2.05, 4.69) is 0 Å². The van der Waals surface area contributed by atoms with Crippen LogP contribution in [-0.4, -0.2) is 87.0 Å². The predicted octanol–water partition coefficient (Wildman–Crippen LogP) is 0.138. The molecule has 0 amide bonds. The van der Waals surface area contributed by atoms with E-state index in [1.165, 1.54) is 0 Å². The summed E-state index contributed by atoms with van der Waals surface area (Å²) < 4.78 is 31.6. The van der Waals surface area contributed by atoms with Gasteiger partial charge in [0.2, 0.25) is 0 Å². The van der Waals surface area contributed by atoms with E-state index in [4.69, 9.17) is 23.7 Å². The van der Waals surface area contributed by atoms with Crippen molar-refractivity contribution in [3.05, 3.63) is 30.3 Å². The first kappa shape index (κ1) is 20.7. The molecule has 1 aromatic rings. The number of hydrogen-bond acceptors (Lipinski definition) is 7. The van der Waals surface area contributed by atoms with Crippen molar-refractivity contribution in [1.29, 1.82) is 0 Å². The molecule has 2 N–H and O–H groups in total.